The molecule has 5 nitrogen and oxygen atoms in total. The second-order valence-corrected chi connectivity index (χ2v) is 9.99. The molecule has 186 valence electrons. The second-order valence-electron chi connectivity index (χ2n) is 9.99. The summed E-state index contributed by atoms with van der Waals surface area (Å²) in [6.07, 6.45) is 2.24. The molecular weight excluding hydrogens is 465 g/mol. The molecule has 36 heavy (non-hydrogen) atoms. The van der Waals surface area contributed by atoms with E-state index in [-0.39, 0.29) is 11.9 Å². The van der Waals surface area contributed by atoms with Crippen LogP contribution in [-0.2, 0) is 4.79 Å². The molecule has 0 radical (unpaired) electrons. The maximum Gasteiger partial charge on any atom is 0.321 e. The summed E-state index contributed by atoms with van der Waals surface area (Å²) in [6.45, 7) is 4.71. The largest absolute Gasteiger partial charge is 0.357 e. The molecule has 1 aliphatic heterocycles. The summed E-state index contributed by atoms with van der Waals surface area (Å²) in [5, 5.41) is 7.99. The third-order valence-corrected chi connectivity index (χ3v) is 6.79. The van der Waals surface area contributed by atoms with Gasteiger partial charge in [0.2, 0.25) is 0 Å². The number of hydrogen-bond acceptors (Lipinski definition) is 3. The Morgan fingerprint density at radius 2 is 1.69 bits per heavy atom. The fraction of sp³-hybridized carbons (Fsp3) is 0.286. The maximum absolute atomic E-state index is 13.8. The van der Waals surface area contributed by atoms with E-state index in [9.17, 15) is 18.0 Å². The topological polar surface area (TPSA) is 50.2 Å². The van der Waals surface area contributed by atoms with E-state index in [2.05, 4.69) is 15.3 Å². The highest BCUT2D eigenvalue weighted by Gasteiger charge is 2.49. The zero-order chi connectivity index (χ0) is 25.7. The summed E-state index contributed by atoms with van der Waals surface area (Å²) in [7, 11) is 0. The molecule has 1 amide bonds. The number of hydrogen-bond donors (Lipinski definition) is 1. The maximum atomic E-state index is 13.8. The van der Waals surface area contributed by atoms with E-state index >= 15 is 0 Å². The molecule has 1 unspecified atom stereocenters. The lowest BCUT2D eigenvalue weighted by molar-refractivity contribution is -0.143. The fourth-order valence-corrected chi connectivity index (χ4v) is 5.23. The number of nitrogens with one attached hydrogen (secondary N) is 1. The standard InChI is InChI=1S/C28H27F3N4O/c1-27(2)16-23(33-26(36)28(3,30)31)25(18-7-5-4-6-8-18)34(27)22-13-14-24-19(15-22)17-32-35(24)21-11-9-20(29)10-12-21/h4-15,17,23,25H,16H2,1-3H3,(H,33,36)/t23?,25-/m1/s1. The molecule has 5 rings (SSSR count). The van der Waals surface area contributed by atoms with Crippen LogP contribution in [0, 0.1) is 5.82 Å². The van der Waals surface area contributed by atoms with Gasteiger partial charge in [0.1, 0.15) is 5.82 Å². The van der Waals surface area contributed by atoms with Gasteiger partial charge in [0, 0.05) is 23.5 Å². The van der Waals surface area contributed by atoms with Gasteiger partial charge in [-0.3, -0.25) is 4.79 Å². The second kappa shape index (κ2) is 8.69. The minimum absolute atomic E-state index is 0.316. The van der Waals surface area contributed by atoms with Crippen molar-refractivity contribution in [2.24, 2.45) is 0 Å². The van der Waals surface area contributed by atoms with Gasteiger partial charge in [-0.05, 0) is 68.3 Å². The van der Waals surface area contributed by atoms with E-state index in [0.717, 1.165) is 27.8 Å². The minimum Gasteiger partial charge on any atom is -0.357 e. The first-order valence-electron chi connectivity index (χ1n) is 11.8. The molecule has 0 spiro atoms. The van der Waals surface area contributed by atoms with Crippen molar-refractivity contribution in [3.05, 3.63) is 90.4 Å². The van der Waals surface area contributed by atoms with Crippen LogP contribution in [0.5, 0.6) is 0 Å². The molecule has 0 saturated carbocycles. The Kier molecular flexibility index (Phi) is 5.77. The monoisotopic (exact) mass is 492 g/mol. The predicted octanol–water partition coefficient (Wildman–Crippen LogP) is 6.03. The number of benzene rings is 3. The Morgan fingerprint density at radius 3 is 2.36 bits per heavy atom. The van der Waals surface area contributed by atoms with Crippen LogP contribution in [0.3, 0.4) is 0 Å². The van der Waals surface area contributed by atoms with Crippen LogP contribution in [0.2, 0.25) is 0 Å². The SMILES string of the molecule is CC(F)(F)C(=O)NC1CC(C)(C)N(c2ccc3c(cnn3-c3ccc(F)cc3)c2)[C@@H]1c1ccccc1. The van der Waals surface area contributed by atoms with Crippen molar-refractivity contribution in [2.45, 2.75) is 50.7 Å². The number of aromatic nitrogens is 2. The van der Waals surface area contributed by atoms with Crippen molar-refractivity contribution >= 4 is 22.5 Å². The summed E-state index contributed by atoms with van der Waals surface area (Å²) < 4.78 is 42.7. The van der Waals surface area contributed by atoms with E-state index in [4.69, 9.17) is 0 Å². The zero-order valence-corrected chi connectivity index (χ0v) is 20.3. The Balaban J connectivity index is 1.57. The van der Waals surface area contributed by atoms with Gasteiger partial charge < -0.3 is 10.2 Å². The van der Waals surface area contributed by atoms with Crippen molar-refractivity contribution in [1.82, 2.24) is 15.1 Å². The summed E-state index contributed by atoms with van der Waals surface area (Å²) in [4.78, 5) is 14.5. The summed E-state index contributed by atoms with van der Waals surface area (Å²) in [6, 6.07) is 20.8. The van der Waals surface area contributed by atoms with Crippen molar-refractivity contribution < 1.29 is 18.0 Å². The molecule has 8 heteroatoms. The molecule has 4 aromatic rings. The van der Waals surface area contributed by atoms with Gasteiger partial charge in [0.15, 0.2) is 0 Å². The number of amides is 1. The predicted molar refractivity (Wildman–Crippen MR) is 134 cm³/mol. The summed E-state index contributed by atoms with van der Waals surface area (Å²) in [5.74, 6) is -5.06. The molecule has 1 aromatic heterocycles. The third-order valence-electron chi connectivity index (χ3n) is 6.79. The number of halogens is 3. The third kappa shape index (κ3) is 4.32. The lowest BCUT2D eigenvalue weighted by Crippen LogP contribution is -2.46. The van der Waals surface area contributed by atoms with Crippen LogP contribution < -0.4 is 10.2 Å². The number of nitrogens with zero attached hydrogens (tertiary/aromatic N) is 3. The number of carbonyl (C=O) groups excluding carboxylic acids is 1. The summed E-state index contributed by atoms with van der Waals surface area (Å²) >= 11 is 0. The minimum atomic E-state index is -3.47. The molecule has 1 aliphatic rings. The molecular formula is C28H27F3N4O. The first-order valence-corrected chi connectivity index (χ1v) is 11.8. The van der Waals surface area contributed by atoms with Gasteiger partial charge in [-0.15, -0.1) is 0 Å². The van der Waals surface area contributed by atoms with Gasteiger partial charge in [-0.2, -0.15) is 13.9 Å². The van der Waals surface area contributed by atoms with Crippen molar-refractivity contribution in [2.75, 3.05) is 4.90 Å². The number of anilines is 1. The molecule has 1 saturated heterocycles. The Hall–Kier alpha value is -3.81. The first-order chi connectivity index (χ1) is 17.0. The molecule has 3 aromatic carbocycles. The highest BCUT2D eigenvalue weighted by Crippen LogP contribution is 2.46. The smallest absolute Gasteiger partial charge is 0.321 e. The highest BCUT2D eigenvalue weighted by atomic mass is 19.3. The fourth-order valence-electron chi connectivity index (χ4n) is 5.23. The van der Waals surface area contributed by atoms with Crippen molar-refractivity contribution in [3.8, 4) is 5.69 Å². The molecule has 2 heterocycles. The van der Waals surface area contributed by atoms with Crippen molar-refractivity contribution in [3.63, 3.8) is 0 Å². The zero-order valence-electron chi connectivity index (χ0n) is 20.3. The Morgan fingerprint density at radius 1 is 1.03 bits per heavy atom. The molecule has 0 aliphatic carbocycles. The Bertz CT molecular complexity index is 1390. The van der Waals surface area contributed by atoms with Gasteiger partial charge >= 0.3 is 5.92 Å². The van der Waals surface area contributed by atoms with Crippen LogP contribution in [0.1, 0.15) is 38.8 Å². The van der Waals surface area contributed by atoms with Gasteiger partial charge in [-0.25, -0.2) is 9.07 Å². The summed E-state index contributed by atoms with van der Waals surface area (Å²) in [5.41, 5.74) is 2.97. The van der Waals surface area contributed by atoms with Crippen LogP contribution in [0.4, 0.5) is 18.9 Å². The van der Waals surface area contributed by atoms with Gasteiger partial charge in [0.25, 0.3) is 5.91 Å². The van der Waals surface area contributed by atoms with E-state index in [0.29, 0.717) is 13.3 Å². The van der Waals surface area contributed by atoms with E-state index in [1.54, 1.807) is 23.0 Å². The van der Waals surface area contributed by atoms with E-state index in [1.165, 1.54) is 12.1 Å². The average molecular weight is 493 g/mol. The quantitative estimate of drug-likeness (QED) is 0.370. The van der Waals surface area contributed by atoms with Crippen molar-refractivity contribution in [1.29, 1.82) is 0 Å². The highest BCUT2D eigenvalue weighted by molar-refractivity contribution is 5.85. The normalized spacial score (nSPS) is 19.6. The number of alkyl halides is 2. The lowest BCUT2D eigenvalue weighted by atomic mass is 9.97. The number of rotatable bonds is 5. The molecule has 2 atom stereocenters. The Labute approximate surface area is 207 Å². The average Bonchev–Trinajstić information content (AvgIpc) is 3.36. The van der Waals surface area contributed by atoms with Crippen LogP contribution in [0.15, 0.2) is 79.0 Å². The number of carbonyl (C=O) groups is 1. The first kappa shape index (κ1) is 23.9. The van der Waals surface area contributed by atoms with Crippen LogP contribution in [0.25, 0.3) is 16.6 Å². The molecule has 1 fully saturated rings. The van der Waals surface area contributed by atoms with E-state index < -0.39 is 23.4 Å². The number of fused-ring (bicyclic) bond motifs is 1. The van der Waals surface area contributed by atoms with Crippen LogP contribution in [-0.4, -0.2) is 33.2 Å². The lowest BCUT2D eigenvalue weighted by Gasteiger charge is -2.38. The molecule has 1 N–H and O–H groups in total. The van der Waals surface area contributed by atoms with Gasteiger partial charge in [-0.1, -0.05) is 30.3 Å². The molecule has 0 bridgehead atoms. The van der Waals surface area contributed by atoms with Gasteiger partial charge in [0.05, 0.1) is 29.5 Å². The van der Waals surface area contributed by atoms with E-state index in [1.807, 2.05) is 62.4 Å². The van der Waals surface area contributed by atoms with Crippen LogP contribution >= 0.6 is 0 Å².